The molecule has 10 heteroatoms. The first-order valence-electron chi connectivity index (χ1n) is 7.87. The summed E-state index contributed by atoms with van der Waals surface area (Å²) in [5, 5.41) is 19.5. The summed E-state index contributed by atoms with van der Waals surface area (Å²) in [6.07, 6.45) is 5.25. The number of ether oxygens (including phenoxy) is 1. The number of aromatic amines is 1. The van der Waals surface area contributed by atoms with Gasteiger partial charge in [0, 0.05) is 31.3 Å². The van der Waals surface area contributed by atoms with Crippen LogP contribution in [0.15, 0.2) is 23.8 Å². The van der Waals surface area contributed by atoms with E-state index in [1.54, 1.807) is 24.1 Å². The van der Waals surface area contributed by atoms with Gasteiger partial charge in [-0.15, -0.1) is 11.3 Å². The number of carbonyl (C=O) groups is 1. The zero-order chi connectivity index (χ0) is 17.2. The van der Waals surface area contributed by atoms with Crippen molar-refractivity contribution in [2.24, 2.45) is 7.05 Å². The molecule has 0 bridgehead atoms. The van der Waals surface area contributed by atoms with Crippen LogP contribution in [-0.4, -0.2) is 37.6 Å². The standard InChI is InChI=1S/C15H17N7O2S/c1-22-12(7-9(21-22)11-3-2-5-24-11)19-15(23)18-10-8-17-20-13(10)14-16-4-6-25-14/h4,6-8,11H,2-3,5H2,1H3,(H,17,20)(H2,18,19,23). The molecule has 3 N–H and O–H groups in total. The minimum absolute atomic E-state index is 0.00944. The van der Waals surface area contributed by atoms with Gasteiger partial charge in [-0.1, -0.05) is 0 Å². The van der Waals surface area contributed by atoms with Crippen molar-refractivity contribution in [2.45, 2.75) is 18.9 Å². The first-order valence-corrected chi connectivity index (χ1v) is 8.75. The molecule has 1 fully saturated rings. The first kappa shape index (κ1) is 15.8. The van der Waals surface area contributed by atoms with Gasteiger partial charge in [-0.25, -0.2) is 9.78 Å². The normalized spacial score (nSPS) is 16.9. The van der Waals surface area contributed by atoms with E-state index in [0.29, 0.717) is 17.2 Å². The number of hydrogen-bond donors (Lipinski definition) is 3. The molecule has 1 aliphatic rings. The molecule has 1 aliphatic heterocycles. The van der Waals surface area contributed by atoms with E-state index < -0.39 is 0 Å². The van der Waals surface area contributed by atoms with E-state index in [4.69, 9.17) is 4.74 Å². The Labute approximate surface area is 147 Å². The number of nitrogens with one attached hydrogen (secondary N) is 3. The van der Waals surface area contributed by atoms with E-state index in [2.05, 4.69) is 30.9 Å². The molecule has 0 radical (unpaired) electrons. The fourth-order valence-corrected chi connectivity index (χ4v) is 3.38. The molecule has 1 saturated heterocycles. The van der Waals surface area contributed by atoms with Gasteiger partial charge in [0.15, 0.2) is 0 Å². The van der Waals surface area contributed by atoms with Crippen molar-refractivity contribution >= 4 is 28.9 Å². The number of H-pyrrole nitrogens is 1. The molecule has 0 aromatic carbocycles. The van der Waals surface area contributed by atoms with Crippen LogP contribution in [0.4, 0.5) is 16.3 Å². The summed E-state index contributed by atoms with van der Waals surface area (Å²) < 4.78 is 7.26. The van der Waals surface area contributed by atoms with Crippen LogP contribution >= 0.6 is 11.3 Å². The maximum absolute atomic E-state index is 12.3. The Kier molecular flexibility index (Phi) is 4.20. The van der Waals surface area contributed by atoms with Gasteiger partial charge < -0.3 is 10.1 Å². The highest BCUT2D eigenvalue weighted by Gasteiger charge is 2.22. The molecule has 1 atom stereocenters. The zero-order valence-corrected chi connectivity index (χ0v) is 14.3. The van der Waals surface area contributed by atoms with Crippen LogP contribution < -0.4 is 10.6 Å². The second-order valence-electron chi connectivity index (χ2n) is 5.65. The third kappa shape index (κ3) is 3.26. The Balaban J connectivity index is 1.46. The number of amides is 2. The smallest absolute Gasteiger partial charge is 0.324 e. The number of carbonyl (C=O) groups excluding carboxylic acids is 1. The van der Waals surface area contributed by atoms with Crippen molar-refractivity contribution in [3.63, 3.8) is 0 Å². The van der Waals surface area contributed by atoms with Gasteiger partial charge in [-0.05, 0) is 12.8 Å². The Morgan fingerprint density at radius 3 is 3.16 bits per heavy atom. The SMILES string of the molecule is Cn1nc(C2CCCO2)cc1NC(=O)Nc1cn[nH]c1-c1nccs1. The number of hydrogen-bond acceptors (Lipinski definition) is 6. The predicted molar refractivity (Wildman–Crippen MR) is 93.5 cm³/mol. The van der Waals surface area contributed by atoms with Crippen molar-refractivity contribution in [3.8, 4) is 10.7 Å². The van der Waals surface area contributed by atoms with Crippen molar-refractivity contribution in [1.29, 1.82) is 0 Å². The van der Waals surface area contributed by atoms with Crippen LogP contribution in [0.2, 0.25) is 0 Å². The fourth-order valence-electron chi connectivity index (χ4n) is 2.74. The van der Waals surface area contributed by atoms with E-state index in [9.17, 15) is 4.79 Å². The average molecular weight is 359 g/mol. The topological polar surface area (TPSA) is 110 Å². The Bertz CT molecular complexity index is 864. The van der Waals surface area contributed by atoms with Gasteiger partial charge in [-0.2, -0.15) is 10.2 Å². The van der Waals surface area contributed by atoms with E-state index in [-0.39, 0.29) is 12.1 Å². The van der Waals surface area contributed by atoms with E-state index in [1.807, 2.05) is 11.4 Å². The molecular formula is C15H17N7O2S. The first-order chi connectivity index (χ1) is 12.2. The van der Waals surface area contributed by atoms with Crippen molar-refractivity contribution in [2.75, 3.05) is 17.2 Å². The fraction of sp³-hybridized carbons (Fsp3) is 0.333. The summed E-state index contributed by atoms with van der Waals surface area (Å²) in [7, 11) is 1.78. The number of rotatable bonds is 4. The minimum Gasteiger partial charge on any atom is -0.372 e. The maximum atomic E-state index is 12.3. The number of anilines is 2. The molecule has 3 aromatic rings. The van der Waals surface area contributed by atoms with Crippen LogP contribution in [-0.2, 0) is 11.8 Å². The van der Waals surface area contributed by atoms with Gasteiger partial charge >= 0.3 is 6.03 Å². The van der Waals surface area contributed by atoms with Gasteiger partial charge in [-0.3, -0.25) is 15.1 Å². The number of aryl methyl sites for hydroxylation is 1. The summed E-state index contributed by atoms with van der Waals surface area (Å²) in [6.45, 7) is 0.754. The van der Waals surface area contributed by atoms with Crippen molar-refractivity contribution in [1.82, 2.24) is 25.0 Å². The summed E-state index contributed by atoms with van der Waals surface area (Å²) in [6, 6.07) is 1.47. The van der Waals surface area contributed by atoms with Gasteiger partial charge in [0.05, 0.1) is 17.6 Å². The molecule has 3 aromatic heterocycles. The molecule has 4 rings (SSSR count). The Morgan fingerprint density at radius 2 is 2.40 bits per heavy atom. The summed E-state index contributed by atoms with van der Waals surface area (Å²) in [5.74, 6) is 0.599. The predicted octanol–water partition coefficient (Wildman–Crippen LogP) is 2.76. The van der Waals surface area contributed by atoms with Crippen molar-refractivity contribution < 1.29 is 9.53 Å². The average Bonchev–Trinajstić information content (AvgIpc) is 3.35. The second-order valence-corrected chi connectivity index (χ2v) is 6.55. The van der Waals surface area contributed by atoms with Crippen LogP contribution in [0.5, 0.6) is 0 Å². The van der Waals surface area contributed by atoms with Crippen molar-refractivity contribution in [3.05, 3.63) is 29.5 Å². The molecule has 2 amide bonds. The van der Waals surface area contributed by atoms with Crippen LogP contribution in [0.3, 0.4) is 0 Å². The third-order valence-electron chi connectivity index (χ3n) is 3.93. The molecule has 0 saturated carbocycles. The minimum atomic E-state index is -0.374. The monoisotopic (exact) mass is 359 g/mol. The van der Waals surface area contributed by atoms with E-state index in [0.717, 1.165) is 30.2 Å². The lowest BCUT2D eigenvalue weighted by molar-refractivity contribution is 0.108. The zero-order valence-electron chi connectivity index (χ0n) is 13.5. The molecule has 0 spiro atoms. The molecule has 9 nitrogen and oxygen atoms in total. The molecule has 0 aliphatic carbocycles. The van der Waals surface area contributed by atoms with Crippen LogP contribution in [0, 0.1) is 0 Å². The summed E-state index contributed by atoms with van der Waals surface area (Å²) >= 11 is 1.46. The second kappa shape index (κ2) is 6.65. The number of thiazole rings is 1. The summed E-state index contributed by atoms with van der Waals surface area (Å²) in [5.41, 5.74) is 2.08. The highest BCUT2D eigenvalue weighted by molar-refractivity contribution is 7.13. The lowest BCUT2D eigenvalue weighted by atomic mass is 10.2. The summed E-state index contributed by atoms with van der Waals surface area (Å²) in [4.78, 5) is 16.6. The lowest BCUT2D eigenvalue weighted by Crippen LogP contribution is -2.21. The van der Waals surface area contributed by atoms with E-state index in [1.165, 1.54) is 11.3 Å². The third-order valence-corrected chi connectivity index (χ3v) is 4.72. The van der Waals surface area contributed by atoms with Gasteiger partial charge in [0.25, 0.3) is 0 Å². The largest absolute Gasteiger partial charge is 0.372 e. The van der Waals surface area contributed by atoms with Crippen LogP contribution in [0.1, 0.15) is 24.6 Å². The lowest BCUT2D eigenvalue weighted by Gasteiger charge is -2.06. The Hall–Kier alpha value is -2.72. The number of nitrogens with zero attached hydrogens (tertiary/aromatic N) is 4. The number of aromatic nitrogens is 5. The molecule has 25 heavy (non-hydrogen) atoms. The quantitative estimate of drug-likeness (QED) is 0.663. The highest BCUT2D eigenvalue weighted by Crippen LogP contribution is 2.29. The Morgan fingerprint density at radius 1 is 1.48 bits per heavy atom. The van der Waals surface area contributed by atoms with Crippen LogP contribution in [0.25, 0.3) is 10.7 Å². The van der Waals surface area contributed by atoms with Gasteiger partial charge in [0.1, 0.15) is 22.6 Å². The molecule has 4 heterocycles. The van der Waals surface area contributed by atoms with E-state index >= 15 is 0 Å². The molecular weight excluding hydrogens is 342 g/mol. The highest BCUT2D eigenvalue weighted by atomic mass is 32.1. The maximum Gasteiger partial charge on any atom is 0.324 e. The number of urea groups is 1. The molecule has 130 valence electrons. The van der Waals surface area contributed by atoms with Gasteiger partial charge in [0.2, 0.25) is 0 Å². The molecule has 1 unspecified atom stereocenters.